The fourth-order valence-electron chi connectivity index (χ4n) is 3.55. The van der Waals surface area contributed by atoms with Crippen LogP contribution in [-0.4, -0.2) is 53.4 Å². The second kappa shape index (κ2) is 10.7. The Morgan fingerprint density at radius 3 is 2.72 bits per heavy atom. The highest BCUT2D eigenvalue weighted by Gasteiger charge is 2.27. The number of aryl methyl sites for hydroxylation is 2. The number of carbonyl (C=O) groups is 3. The van der Waals surface area contributed by atoms with Crippen LogP contribution in [-0.2, 0) is 14.3 Å². The fraction of sp³-hybridized carbons (Fsp3) is 0.478. The number of thiazole rings is 1. The Morgan fingerprint density at radius 2 is 2.03 bits per heavy atom. The summed E-state index contributed by atoms with van der Waals surface area (Å²) < 4.78 is 5.21. The van der Waals surface area contributed by atoms with Crippen LogP contribution in [0, 0.1) is 19.8 Å². The summed E-state index contributed by atoms with van der Waals surface area (Å²) >= 11 is 1.46. The first-order valence-corrected chi connectivity index (χ1v) is 11.6. The molecule has 9 heteroatoms. The van der Waals surface area contributed by atoms with E-state index >= 15 is 0 Å². The molecule has 1 aliphatic rings. The number of benzene rings is 1. The minimum atomic E-state index is -0.420. The van der Waals surface area contributed by atoms with Gasteiger partial charge in [-0.1, -0.05) is 6.07 Å². The summed E-state index contributed by atoms with van der Waals surface area (Å²) in [7, 11) is 0. The molecule has 0 aliphatic carbocycles. The van der Waals surface area contributed by atoms with Gasteiger partial charge in [0.2, 0.25) is 11.8 Å². The quantitative estimate of drug-likeness (QED) is 0.615. The molecule has 8 nitrogen and oxygen atoms in total. The van der Waals surface area contributed by atoms with Crippen LogP contribution >= 0.6 is 11.3 Å². The van der Waals surface area contributed by atoms with Crippen LogP contribution in [0.25, 0.3) is 0 Å². The minimum Gasteiger partial charge on any atom is -0.459 e. The van der Waals surface area contributed by atoms with Crippen molar-refractivity contribution in [3.05, 3.63) is 40.4 Å². The van der Waals surface area contributed by atoms with Crippen LogP contribution in [0.5, 0.6) is 0 Å². The minimum absolute atomic E-state index is 0.115. The van der Waals surface area contributed by atoms with E-state index in [-0.39, 0.29) is 30.4 Å². The van der Waals surface area contributed by atoms with E-state index in [1.165, 1.54) is 11.3 Å². The van der Waals surface area contributed by atoms with Crippen molar-refractivity contribution in [2.75, 3.05) is 30.3 Å². The SMILES string of the molecule is Cc1nc(NC(=O)CN2CCCC(C(=O)Nc3cccc(C(=O)OC(C)C)c3)C2)sc1C. The van der Waals surface area contributed by atoms with Gasteiger partial charge in [-0.15, -0.1) is 11.3 Å². The Kier molecular flexibility index (Phi) is 7.98. The molecule has 2 aromatic rings. The lowest BCUT2D eigenvalue weighted by Crippen LogP contribution is -2.44. The number of hydrogen-bond acceptors (Lipinski definition) is 7. The van der Waals surface area contributed by atoms with Crippen LogP contribution in [0.1, 0.15) is 47.6 Å². The first kappa shape index (κ1) is 23.9. The number of hydrogen-bond donors (Lipinski definition) is 2. The molecular weight excluding hydrogens is 428 g/mol. The summed E-state index contributed by atoms with van der Waals surface area (Å²) in [6, 6.07) is 6.74. The molecule has 1 aromatic carbocycles. The topological polar surface area (TPSA) is 101 Å². The Bertz CT molecular complexity index is 969. The van der Waals surface area contributed by atoms with E-state index in [1.807, 2.05) is 18.7 Å². The molecule has 1 atom stereocenters. The van der Waals surface area contributed by atoms with Gasteiger partial charge in [0, 0.05) is 17.1 Å². The molecule has 2 heterocycles. The highest BCUT2D eigenvalue weighted by molar-refractivity contribution is 7.15. The van der Waals surface area contributed by atoms with Crippen molar-refractivity contribution >= 4 is 39.9 Å². The molecule has 0 saturated carbocycles. The van der Waals surface area contributed by atoms with Crippen molar-refractivity contribution < 1.29 is 19.1 Å². The average Bonchev–Trinajstić information content (AvgIpc) is 3.04. The van der Waals surface area contributed by atoms with E-state index in [4.69, 9.17) is 4.74 Å². The predicted octanol–water partition coefficient (Wildman–Crippen LogP) is 3.61. The molecule has 1 aliphatic heterocycles. The molecule has 1 fully saturated rings. The molecule has 1 saturated heterocycles. The lowest BCUT2D eigenvalue weighted by molar-refractivity contribution is -0.123. The molecular formula is C23H30N4O4S. The maximum Gasteiger partial charge on any atom is 0.338 e. The van der Waals surface area contributed by atoms with Gasteiger partial charge < -0.3 is 15.4 Å². The number of anilines is 2. The third-order valence-electron chi connectivity index (χ3n) is 5.23. The normalized spacial score (nSPS) is 16.6. The van der Waals surface area contributed by atoms with E-state index in [0.29, 0.717) is 22.9 Å². The highest BCUT2D eigenvalue weighted by Crippen LogP contribution is 2.22. The van der Waals surface area contributed by atoms with Gasteiger partial charge >= 0.3 is 5.97 Å². The fourth-order valence-corrected chi connectivity index (χ4v) is 4.38. The number of amides is 2. The smallest absolute Gasteiger partial charge is 0.338 e. The number of likely N-dealkylation sites (tertiary alicyclic amines) is 1. The zero-order chi connectivity index (χ0) is 23.3. The zero-order valence-corrected chi connectivity index (χ0v) is 19.8. The molecule has 32 heavy (non-hydrogen) atoms. The summed E-state index contributed by atoms with van der Waals surface area (Å²) in [4.78, 5) is 44.8. The molecule has 0 spiro atoms. The van der Waals surface area contributed by atoms with Gasteiger partial charge in [0.15, 0.2) is 5.13 Å². The van der Waals surface area contributed by atoms with Crippen LogP contribution in [0.3, 0.4) is 0 Å². The second-order valence-electron chi connectivity index (χ2n) is 8.31. The van der Waals surface area contributed by atoms with Crippen LogP contribution in [0.15, 0.2) is 24.3 Å². The maximum atomic E-state index is 12.8. The monoisotopic (exact) mass is 458 g/mol. The molecule has 2 N–H and O–H groups in total. The Balaban J connectivity index is 1.54. The van der Waals surface area contributed by atoms with Crippen molar-refractivity contribution in [1.82, 2.24) is 9.88 Å². The molecule has 2 amide bonds. The number of rotatable bonds is 7. The largest absolute Gasteiger partial charge is 0.459 e. The van der Waals surface area contributed by atoms with Gasteiger partial charge in [0.05, 0.1) is 29.8 Å². The van der Waals surface area contributed by atoms with E-state index in [9.17, 15) is 14.4 Å². The second-order valence-corrected chi connectivity index (χ2v) is 9.51. The van der Waals surface area contributed by atoms with E-state index < -0.39 is 5.97 Å². The summed E-state index contributed by atoms with van der Waals surface area (Å²) in [6.07, 6.45) is 1.38. The number of ether oxygens (including phenoxy) is 1. The van der Waals surface area contributed by atoms with Crippen LogP contribution in [0.4, 0.5) is 10.8 Å². The highest BCUT2D eigenvalue weighted by atomic mass is 32.1. The van der Waals surface area contributed by atoms with Gasteiger partial charge in [0.1, 0.15) is 0 Å². The van der Waals surface area contributed by atoms with Gasteiger partial charge in [-0.2, -0.15) is 0 Å². The molecule has 172 valence electrons. The van der Waals surface area contributed by atoms with Crippen molar-refractivity contribution in [3.63, 3.8) is 0 Å². The summed E-state index contributed by atoms with van der Waals surface area (Å²) in [5.41, 5.74) is 1.87. The number of nitrogens with one attached hydrogen (secondary N) is 2. The standard InChI is InChI=1S/C23H30N4O4S/c1-14(2)31-22(30)17-7-5-9-19(11-17)25-21(29)18-8-6-10-27(12-18)13-20(28)26-23-24-15(3)16(4)32-23/h5,7,9,11,14,18H,6,8,10,12-13H2,1-4H3,(H,25,29)(H,24,26,28). The predicted molar refractivity (Wildman–Crippen MR) is 125 cm³/mol. The molecule has 3 rings (SSSR count). The van der Waals surface area contributed by atoms with Gasteiger partial charge in [-0.25, -0.2) is 9.78 Å². The molecule has 1 aromatic heterocycles. The van der Waals surface area contributed by atoms with E-state index in [1.54, 1.807) is 38.1 Å². The van der Waals surface area contributed by atoms with E-state index in [2.05, 4.69) is 15.6 Å². The molecule has 0 bridgehead atoms. The third kappa shape index (κ3) is 6.61. The average molecular weight is 459 g/mol. The molecule has 0 radical (unpaired) electrons. The Morgan fingerprint density at radius 1 is 1.25 bits per heavy atom. The number of aromatic nitrogens is 1. The summed E-state index contributed by atoms with van der Waals surface area (Å²) in [5.74, 6) is -0.893. The van der Waals surface area contributed by atoms with Crippen molar-refractivity contribution in [1.29, 1.82) is 0 Å². The van der Waals surface area contributed by atoms with Crippen LogP contribution in [0.2, 0.25) is 0 Å². The molecule has 1 unspecified atom stereocenters. The number of nitrogens with zero attached hydrogens (tertiary/aromatic N) is 2. The Labute approximate surface area is 192 Å². The van der Waals surface area contributed by atoms with Crippen LogP contribution < -0.4 is 10.6 Å². The lowest BCUT2D eigenvalue weighted by atomic mass is 9.97. The number of piperidine rings is 1. The first-order chi connectivity index (χ1) is 15.2. The lowest BCUT2D eigenvalue weighted by Gasteiger charge is -2.31. The summed E-state index contributed by atoms with van der Waals surface area (Å²) in [5, 5.41) is 6.35. The summed E-state index contributed by atoms with van der Waals surface area (Å²) in [6.45, 7) is 8.96. The van der Waals surface area contributed by atoms with Crippen molar-refractivity contribution in [2.45, 2.75) is 46.6 Å². The third-order valence-corrected chi connectivity index (χ3v) is 6.22. The Hall–Kier alpha value is -2.78. The van der Waals surface area contributed by atoms with Gasteiger partial charge in [-0.05, 0) is 65.3 Å². The zero-order valence-electron chi connectivity index (χ0n) is 18.9. The maximum absolute atomic E-state index is 12.8. The first-order valence-electron chi connectivity index (χ1n) is 10.8. The van der Waals surface area contributed by atoms with Crippen molar-refractivity contribution in [3.8, 4) is 0 Å². The van der Waals surface area contributed by atoms with Gasteiger partial charge in [0.25, 0.3) is 0 Å². The van der Waals surface area contributed by atoms with Gasteiger partial charge in [-0.3, -0.25) is 14.5 Å². The van der Waals surface area contributed by atoms with Crippen molar-refractivity contribution in [2.24, 2.45) is 5.92 Å². The van der Waals surface area contributed by atoms with E-state index in [0.717, 1.165) is 30.0 Å². The number of carbonyl (C=O) groups excluding carboxylic acids is 3. The number of esters is 1.